The maximum Gasteiger partial charge on any atom is 0.279 e. The molecule has 3 heteroatoms. The second kappa shape index (κ2) is 5.76. The van der Waals surface area contributed by atoms with Crippen molar-refractivity contribution < 1.29 is 4.79 Å². The van der Waals surface area contributed by atoms with E-state index in [1.54, 1.807) is 0 Å². The van der Waals surface area contributed by atoms with Crippen LogP contribution in [0.5, 0.6) is 0 Å². The highest BCUT2D eigenvalue weighted by Crippen LogP contribution is 2.44. The largest absolute Gasteiger partial charge is 0.347 e. The van der Waals surface area contributed by atoms with E-state index in [0.29, 0.717) is 0 Å². The molecule has 1 fully saturated rings. The monoisotopic (exact) mass is 239 g/mol. The average Bonchev–Trinajstić information content (AvgIpc) is 2.88. The Hall–Kier alpha value is -0.440. The lowest BCUT2D eigenvalue weighted by molar-refractivity contribution is 0.260. The molecule has 0 radical (unpaired) electrons. The molecule has 0 spiro atoms. The van der Waals surface area contributed by atoms with Crippen molar-refractivity contribution in [2.75, 3.05) is 12.3 Å². The quantitative estimate of drug-likeness (QED) is 0.588. The van der Waals surface area contributed by atoms with Gasteiger partial charge in [0, 0.05) is 12.3 Å². The van der Waals surface area contributed by atoms with E-state index >= 15 is 0 Å². The van der Waals surface area contributed by atoms with Crippen molar-refractivity contribution in [1.82, 2.24) is 5.32 Å². The predicted octanol–water partition coefficient (Wildman–Crippen LogP) is 3.44. The molecule has 2 rings (SSSR count). The van der Waals surface area contributed by atoms with Gasteiger partial charge in [-0.25, -0.2) is 0 Å². The van der Waals surface area contributed by atoms with Crippen LogP contribution in [0.25, 0.3) is 0 Å². The number of unbranched alkanes of at least 4 members (excludes halogenated alkanes) is 1. The van der Waals surface area contributed by atoms with Gasteiger partial charge in [-0.05, 0) is 37.0 Å². The molecular weight excluding hydrogens is 218 g/mol. The molecule has 2 bridgehead atoms. The summed E-state index contributed by atoms with van der Waals surface area (Å²) in [6.45, 7) is 2.97. The van der Waals surface area contributed by atoms with Crippen LogP contribution in [-0.4, -0.2) is 17.5 Å². The Labute approximate surface area is 102 Å². The highest BCUT2D eigenvalue weighted by Gasteiger charge is 2.35. The zero-order chi connectivity index (χ0) is 11.4. The van der Waals surface area contributed by atoms with Crippen LogP contribution in [0.2, 0.25) is 0 Å². The number of fused-ring (bicyclic) bond motifs is 2. The van der Waals surface area contributed by atoms with Gasteiger partial charge in [-0.1, -0.05) is 37.3 Å². The molecule has 0 saturated heterocycles. The molecule has 0 aromatic rings. The van der Waals surface area contributed by atoms with Crippen molar-refractivity contribution in [3.63, 3.8) is 0 Å². The van der Waals surface area contributed by atoms with Gasteiger partial charge in [-0.15, -0.1) is 0 Å². The third-order valence-electron chi connectivity index (χ3n) is 3.64. The standard InChI is InChI=1S/C13H21NOS/c1-2-3-6-14-13(15)16-9-12-8-10-4-5-11(12)7-10/h4-5,10-12H,2-3,6-9H2,1H3,(H,14,15). The molecule has 0 aromatic heterocycles. The van der Waals surface area contributed by atoms with Gasteiger partial charge in [-0.3, -0.25) is 4.79 Å². The molecule has 1 amide bonds. The first-order chi connectivity index (χ1) is 7.79. The smallest absolute Gasteiger partial charge is 0.279 e. The highest BCUT2D eigenvalue weighted by atomic mass is 32.2. The van der Waals surface area contributed by atoms with E-state index in [1.165, 1.54) is 24.6 Å². The summed E-state index contributed by atoms with van der Waals surface area (Å²) in [6.07, 6.45) is 9.58. The second-order valence-electron chi connectivity index (χ2n) is 4.92. The molecule has 2 aliphatic rings. The van der Waals surface area contributed by atoms with Gasteiger partial charge in [0.15, 0.2) is 0 Å². The number of carbonyl (C=O) groups excluding carboxylic acids is 1. The van der Waals surface area contributed by atoms with Crippen LogP contribution in [0.3, 0.4) is 0 Å². The molecule has 3 atom stereocenters. The molecular formula is C13H21NOS. The minimum absolute atomic E-state index is 0.167. The normalized spacial score (nSPS) is 30.9. The van der Waals surface area contributed by atoms with Gasteiger partial charge in [0.05, 0.1) is 0 Å². The van der Waals surface area contributed by atoms with Crippen LogP contribution in [0.4, 0.5) is 4.79 Å². The fraction of sp³-hybridized carbons (Fsp3) is 0.769. The van der Waals surface area contributed by atoms with Crippen molar-refractivity contribution >= 4 is 17.0 Å². The Bertz CT molecular complexity index is 277. The highest BCUT2D eigenvalue weighted by molar-refractivity contribution is 8.13. The lowest BCUT2D eigenvalue weighted by Crippen LogP contribution is -2.21. The zero-order valence-electron chi connectivity index (χ0n) is 9.95. The molecule has 0 heterocycles. The van der Waals surface area contributed by atoms with Gasteiger partial charge in [0.25, 0.3) is 5.24 Å². The van der Waals surface area contributed by atoms with E-state index in [1.807, 2.05) is 0 Å². The van der Waals surface area contributed by atoms with Crippen LogP contribution in [0.1, 0.15) is 32.6 Å². The molecule has 2 aliphatic carbocycles. The maximum atomic E-state index is 11.5. The first-order valence-corrected chi connectivity index (χ1v) is 7.37. The Morgan fingerprint density at radius 3 is 2.94 bits per heavy atom. The second-order valence-corrected chi connectivity index (χ2v) is 5.91. The lowest BCUT2D eigenvalue weighted by atomic mass is 9.96. The summed E-state index contributed by atoms with van der Waals surface area (Å²) in [5.74, 6) is 3.33. The molecule has 0 aliphatic heterocycles. The Morgan fingerprint density at radius 2 is 2.31 bits per heavy atom. The summed E-state index contributed by atoms with van der Waals surface area (Å²) >= 11 is 1.48. The van der Waals surface area contributed by atoms with Crippen molar-refractivity contribution in [3.05, 3.63) is 12.2 Å². The molecule has 90 valence electrons. The first kappa shape index (κ1) is 12.0. The van der Waals surface area contributed by atoms with E-state index in [2.05, 4.69) is 24.4 Å². The Morgan fingerprint density at radius 1 is 1.44 bits per heavy atom. The summed E-state index contributed by atoms with van der Waals surface area (Å²) in [6, 6.07) is 0. The van der Waals surface area contributed by atoms with Gasteiger partial charge in [0.2, 0.25) is 0 Å². The first-order valence-electron chi connectivity index (χ1n) is 6.38. The minimum Gasteiger partial charge on any atom is -0.347 e. The number of hydrogen-bond donors (Lipinski definition) is 1. The number of nitrogens with one attached hydrogen (secondary N) is 1. The summed E-state index contributed by atoms with van der Waals surface area (Å²) in [7, 11) is 0. The van der Waals surface area contributed by atoms with Gasteiger partial charge in [0.1, 0.15) is 0 Å². The number of allylic oxidation sites excluding steroid dienone is 2. The fourth-order valence-corrected chi connectivity index (χ4v) is 3.64. The van der Waals surface area contributed by atoms with Crippen LogP contribution >= 0.6 is 11.8 Å². The third-order valence-corrected chi connectivity index (χ3v) is 4.65. The minimum atomic E-state index is 0.167. The summed E-state index contributed by atoms with van der Waals surface area (Å²) < 4.78 is 0. The number of amides is 1. The molecule has 1 saturated carbocycles. The van der Waals surface area contributed by atoms with Crippen LogP contribution in [0, 0.1) is 17.8 Å². The van der Waals surface area contributed by atoms with Gasteiger partial charge < -0.3 is 5.32 Å². The molecule has 1 N–H and O–H groups in total. The summed E-state index contributed by atoms with van der Waals surface area (Å²) in [4.78, 5) is 11.5. The van der Waals surface area contributed by atoms with Gasteiger partial charge in [-0.2, -0.15) is 0 Å². The summed E-state index contributed by atoms with van der Waals surface area (Å²) in [5, 5.41) is 3.12. The zero-order valence-corrected chi connectivity index (χ0v) is 10.8. The number of hydrogen-bond acceptors (Lipinski definition) is 2. The molecule has 0 aromatic carbocycles. The Balaban J connectivity index is 1.61. The number of rotatable bonds is 5. The van der Waals surface area contributed by atoms with E-state index in [9.17, 15) is 4.79 Å². The predicted molar refractivity (Wildman–Crippen MR) is 69.6 cm³/mol. The van der Waals surface area contributed by atoms with E-state index in [4.69, 9.17) is 0 Å². The van der Waals surface area contributed by atoms with Crippen LogP contribution < -0.4 is 5.32 Å². The third kappa shape index (κ3) is 3.03. The van der Waals surface area contributed by atoms with Gasteiger partial charge >= 0.3 is 0 Å². The topological polar surface area (TPSA) is 29.1 Å². The average molecular weight is 239 g/mol. The van der Waals surface area contributed by atoms with Crippen molar-refractivity contribution in [3.8, 4) is 0 Å². The fourth-order valence-electron chi connectivity index (χ4n) is 2.69. The Kier molecular flexibility index (Phi) is 4.33. The van der Waals surface area contributed by atoms with Crippen molar-refractivity contribution in [1.29, 1.82) is 0 Å². The summed E-state index contributed by atoms with van der Waals surface area (Å²) in [5.41, 5.74) is 0. The molecule has 3 unspecified atom stereocenters. The van der Waals surface area contributed by atoms with E-state index in [0.717, 1.165) is 42.9 Å². The SMILES string of the molecule is CCCCNC(=O)SCC1CC2C=CC1C2. The van der Waals surface area contributed by atoms with E-state index in [-0.39, 0.29) is 5.24 Å². The number of thioether (sulfide) groups is 1. The molecule has 2 nitrogen and oxygen atoms in total. The maximum absolute atomic E-state index is 11.5. The number of carbonyl (C=O) groups is 1. The van der Waals surface area contributed by atoms with Crippen molar-refractivity contribution in [2.45, 2.75) is 32.6 Å². The van der Waals surface area contributed by atoms with Crippen LogP contribution in [-0.2, 0) is 0 Å². The lowest BCUT2D eigenvalue weighted by Gasteiger charge is -2.16. The van der Waals surface area contributed by atoms with E-state index < -0.39 is 0 Å². The van der Waals surface area contributed by atoms with Crippen LogP contribution in [0.15, 0.2) is 12.2 Å². The van der Waals surface area contributed by atoms with Crippen molar-refractivity contribution in [2.24, 2.45) is 17.8 Å². The molecule has 16 heavy (non-hydrogen) atoms.